The number of nitrogens with zero attached hydrogens (tertiary/aromatic N) is 1. The van der Waals surface area contributed by atoms with Gasteiger partial charge in [-0.25, -0.2) is 0 Å². The van der Waals surface area contributed by atoms with Crippen molar-refractivity contribution in [2.24, 2.45) is 11.3 Å². The summed E-state index contributed by atoms with van der Waals surface area (Å²) in [6.07, 6.45) is 2.98. The fraction of sp³-hybridized carbons (Fsp3) is 1.00. The van der Waals surface area contributed by atoms with Crippen LogP contribution in [0.4, 0.5) is 0 Å². The summed E-state index contributed by atoms with van der Waals surface area (Å²) in [7, 11) is 0. The molecule has 0 aromatic rings. The van der Waals surface area contributed by atoms with E-state index in [9.17, 15) is 0 Å². The van der Waals surface area contributed by atoms with Gasteiger partial charge in [0.05, 0.1) is 0 Å². The minimum Gasteiger partial charge on any atom is -0.300 e. The third-order valence-electron chi connectivity index (χ3n) is 3.89. The second-order valence-corrected chi connectivity index (χ2v) is 4.80. The Hall–Kier alpha value is -0.0400. The van der Waals surface area contributed by atoms with Crippen LogP contribution in [0.2, 0.25) is 0 Å². The van der Waals surface area contributed by atoms with E-state index >= 15 is 0 Å². The van der Waals surface area contributed by atoms with Crippen LogP contribution in [0.5, 0.6) is 0 Å². The van der Waals surface area contributed by atoms with Crippen molar-refractivity contribution in [2.45, 2.75) is 39.7 Å². The lowest BCUT2D eigenvalue weighted by atomic mass is 9.56. The van der Waals surface area contributed by atoms with E-state index < -0.39 is 0 Å². The molecule has 2 rings (SSSR count). The van der Waals surface area contributed by atoms with Crippen LogP contribution in [-0.2, 0) is 0 Å². The van der Waals surface area contributed by atoms with Crippen LogP contribution in [0, 0.1) is 11.3 Å². The van der Waals surface area contributed by atoms with E-state index in [1.54, 1.807) is 0 Å². The Balaban J connectivity index is 1.87. The summed E-state index contributed by atoms with van der Waals surface area (Å²) in [5.74, 6) is 1.01. The number of rotatable bonds is 1. The largest absolute Gasteiger partial charge is 0.300 e. The number of hydrogen-bond acceptors (Lipinski definition) is 1. The molecule has 0 aromatic heterocycles. The Bertz CT molecular complexity index is 156. The summed E-state index contributed by atoms with van der Waals surface area (Å²) >= 11 is 0. The lowest BCUT2D eigenvalue weighted by Gasteiger charge is -2.61. The van der Waals surface area contributed by atoms with E-state index in [1.165, 1.54) is 25.9 Å². The molecule has 1 aliphatic heterocycles. The molecule has 1 atom stereocenters. The van der Waals surface area contributed by atoms with Gasteiger partial charge in [-0.15, -0.1) is 0 Å². The first-order chi connectivity index (χ1) is 5.14. The summed E-state index contributed by atoms with van der Waals surface area (Å²) in [5, 5.41) is 0. The minimum absolute atomic E-state index is 0.772. The molecule has 64 valence electrons. The normalized spacial score (nSPS) is 35.5. The third-order valence-corrected chi connectivity index (χ3v) is 3.89. The van der Waals surface area contributed by atoms with Crippen LogP contribution in [0.15, 0.2) is 0 Å². The molecule has 1 heterocycles. The average Bonchev–Trinajstić information content (AvgIpc) is 1.81. The first-order valence-corrected chi connectivity index (χ1v) is 4.88. The highest BCUT2D eigenvalue weighted by Crippen LogP contribution is 2.52. The van der Waals surface area contributed by atoms with Gasteiger partial charge in [0.25, 0.3) is 0 Å². The van der Waals surface area contributed by atoms with Crippen molar-refractivity contribution in [3.63, 3.8) is 0 Å². The topological polar surface area (TPSA) is 3.24 Å². The van der Waals surface area contributed by atoms with Crippen molar-refractivity contribution in [2.75, 3.05) is 13.1 Å². The lowest BCUT2D eigenvalue weighted by Crippen LogP contribution is -2.65. The van der Waals surface area contributed by atoms with E-state index in [-0.39, 0.29) is 0 Å². The first kappa shape index (κ1) is 7.60. The summed E-state index contributed by atoms with van der Waals surface area (Å²) in [5.41, 5.74) is 0.782. The van der Waals surface area contributed by atoms with Crippen LogP contribution in [0.1, 0.15) is 33.6 Å². The molecule has 1 nitrogen and oxygen atoms in total. The second-order valence-electron chi connectivity index (χ2n) is 4.80. The van der Waals surface area contributed by atoms with Gasteiger partial charge in [0.1, 0.15) is 0 Å². The predicted molar refractivity (Wildman–Crippen MR) is 47.5 cm³/mol. The second kappa shape index (κ2) is 2.22. The van der Waals surface area contributed by atoms with Gasteiger partial charge in [-0.2, -0.15) is 0 Å². The van der Waals surface area contributed by atoms with Crippen LogP contribution in [-0.4, -0.2) is 24.0 Å². The smallest absolute Gasteiger partial charge is 0.00558 e. The molecule has 0 amide bonds. The third kappa shape index (κ3) is 0.936. The molecule has 1 heteroatoms. The van der Waals surface area contributed by atoms with Crippen molar-refractivity contribution < 1.29 is 0 Å². The highest BCUT2D eigenvalue weighted by molar-refractivity contribution is 5.04. The summed E-state index contributed by atoms with van der Waals surface area (Å²) in [6, 6.07) is 0.772. The SMILES string of the molecule is CC(C)N1CC2(CC[C@@H]2C)C1. The fourth-order valence-electron chi connectivity index (χ4n) is 2.44. The van der Waals surface area contributed by atoms with Crippen molar-refractivity contribution >= 4 is 0 Å². The molecule has 0 radical (unpaired) electrons. The average molecular weight is 153 g/mol. The van der Waals surface area contributed by atoms with Gasteiger partial charge >= 0.3 is 0 Å². The van der Waals surface area contributed by atoms with Gasteiger partial charge in [-0.1, -0.05) is 6.92 Å². The van der Waals surface area contributed by atoms with Gasteiger partial charge in [-0.05, 0) is 38.0 Å². The highest BCUT2D eigenvalue weighted by Gasteiger charge is 2.52. The summed E-state index contributed by atoms with van der Waals surface area (Å²) in [4.78, 5) is 2.59. The van der Waals surface area contributed by atoms with Gasteiger partial charge < -0.3 is 0 Å². The zero-order chi connectivity index (χ0) is 8.06. The Morgan fingerprint density at radius 3 is 2.27 bits per heavy atom. The van der Waals surface area contributed by atoms with Gasteiger partial charge in [0, 0.05) is 19.1 Å². The molecular formula is C10H19N. The molecule has 1 spiro atoms. The predicted octanol–water partition coefficient (Wildman–Crippen LogP) is 2.13. The Kier molecular flexibility index (Phi) is 1.54. The van der Waals surface area contributed by atoms with Gasteiger partial charge in [0.2, 0.25) is 0 Å². The zero-order valence-corrected chi connectivity index (χ0v) is 7.93. The van der Waals surface area contributed by atoms with E-state index in [0.29, 0.717) is 0 Å². The zero-order valence-electron chi connectivity index (χ0n) is 7.93. The van der Waals surface area contributed by atoms with Crippen molar-refractivity contribution in [1.29, 1.82) is 0 Å². The molecule has 1 saturated heterocycles. The van der Waals surface area contributed by atoms with E-state index in [2.05, 4.69) is 25.7 Å². The minimum atomic E-state index is 0.772. The van der Waals surface area contributed by atoms with Crippen LogP contribution < -0.4 is 0 Å². The quantitative estimate of drug-likeness (QED) is 0.558. The highest BCUT2D eigenvalue weighted by atomic mass is 15.2. The number of hydrogen-bond donors (Lipinski definition) is 0. The molecule has 1 saturated carbocycles. The van der Waals surface area contributed by atoms with E-state index in [1.807, 2.05) is 0 Å². The maximum absolute atomic E-state index is 2.59. The lowest BCUT2D eigenvalue weighted by molar-refractivity contribution is -0.119. The Labute approximate surface area is 69.8 Å². The van der Waals surface area contributed by atoms with Crippen molar-refractivity contribution in [3.05, 3.63) is 0 Å². The van der Waals surface area contributed by atoms with Crippen LogP contribution in [0.25, 0.3) is 0 Å². The maximum atomic E-state index is 2.59. The Morgan fingerprint density at radius 2 is 2.00 bits per heavy atom. The van der Waals surface area contributed by atoms with Gasteiger partial charge in [0.15, 0.2) is 0 Å². The van der Waals surface area contributed by atoms with E-state index in [0.717, 1.165) is 17.4 Å². The molecule has 0 aromatic carbocycles. The van der Waals surface area contributed by atoms with Gasteiger partial charge in [-0.3, -0.25) is 4.90 Å². The fourth-order valence-corrected chi connectivity index (χ4v) is 2.44. The molecule has 0 bridgehead atoms. The molecule has 0 N–H and O–H groups in total. The Morgan fingerprint density at radius 1 is 1.36 bits per heavy atom. The van der Waals surface area contributed by atoms with Crippen molar-refractivity contribution in [3.8, 4) is 0 Å². The van der Waals surface area contributed by atoms with E-state index in [4.69, 9.17) is 0 Å². The van der Waals surface area contributed by atoms with Crippen LogP contribution in [0.3, 0.4) is 0 Å². The molecule has 11 heavy (non-hydrogen) atoms. The molecule has 0 unspecified atom stereocenters. The summed E-state index contributed by atoms with van der Waals surface area (Å²) < 4.78 is 0. The maximum Gasteiger partial charge on any atom is 0.00558 e. The standard InChI is InChI=1S/C10H19N/c1-8(2)11-6-10(7-11)5-4-9(10)3/h8-9H,4-7H2,1-3H3/t9-/m0/s1. The molecule has 1 aliphatic carbocycles. The van der Waals surface area contributed by atoms with Crippen molar-refractivity contribution in [1.82, 2.24) is 4.90 Å². The number of likely N-dealkylation sites (tertiary alicyclic amines) is 1. The van der Waals surface area contributed by atoms with Crippen LogP contribution >= 0.6 is 0 Å². The molecule has 2 fully saturated rings. The summed E-state index contributed by atoms with van der Waals surface area (Å²) in [6.45, 7) is 9.78. The first-order valence-electron chi connectivity index (χ1n) is 4.88. The monoisotopic (exact) mass is 153 g/mol. The molecular weight excluding hydrogens is 134 g/mol. The molecule has 2 aliphatic rings.